The first-order valence-electron chi connectivity index (χ1n) is 18.7. The number of carbonyl (C=O) groups excluding carboxylic acids is 2. The molecule has 0 bridgehead atoms. The molecule has 2 N–H and O–H groups in total. The van der Waals surface area contributed by atoms with Crippen LogP contribution in [-0.2, 0) is 42.7 Å². The number of aliphatic hydroxyl groups excluding tert-OH is 2. The molecule has 326 valence electrons. The van der Waals surface area contributed by atoms with Crippen molar-refractivity contribution in [3.8, 4) is 0 Å². The summed E-state index contributed by atoms with van der Waals surface area (Å²) in [4.78, 5) is 23.4. The number of methoxy groups -OCH3 is 4. The van der Waals surface area contributed by atoms with E-state index in [-0.39, 0.29) is 25.1 Å². The van der Waals surface area contributed by atoms with Crippen molar-refractivity contribution in [3.05, 3.63) is 54.1 Å². The van der Waals surface area contributed by atoms with Crippen molar-refractivity contribution in [2.75, 3.05) is 75.2 Å². The number of esters is 1. The molecule has 3 aliphatic heterocycles. The van der Waals surface area contributed by atoms with Crippen molar-refractivity contribution in [1.82, 2.24) is 0 Å². The number of isocyanates is 1. The third-order valence-electron chi connectivity index (χ3n) is 7.64. The van der Waals surface area contributed by atoms with E-state index in [1.807, 2.05) is 25.1 Å². The van der Waals surface area contributed by atoms with Gasteiger partial charge in [-0.05, 0) is 76.5 Å². The second kappa shape index (κ2) is 37.6. The lowest BCUT2D eigenvalue weighted by Gasteiger charge is -2.39. The van der Waals surface area contributed by atoms with Crippen LogP contribution in [0, 0.1) is 6.92 Å². The fourth-order valence-electron chi connectivity index (χ4n) is 4.30. The van der Waals surface area contributed by atoms with Crippen molar-refractivity contribution in [2.45, 2.75) is 116 Å². The molecule has 3 atom stereocenters. The Morgan fingerprint density at radius 2 is 1.55 bits per heavy atom. The number of hydrogen-bond acceptors (Lipinski definition) is 12. The van der Waals surface area contributed by atoms with Crippen LogP contribution in [0.15, 0.2) is 53.6 Å². The number of aliphatic imine (C=N–C) groups is 1. The predicted octanol–water partition coefficient (Wildman–Crippen LogP) is 7.79. The molecule has 56 heavy (non-hydrogen) atoms. The lowest BCUT2D eigenvalue weighted by Crippen LogP contribution is -2.50. The number of fused-ring (bicyclic) bond motifs is 1. The maximum Gasteiger partial charge on any atom is 0.386 e. The molecule has 4 fully saturated rings. The number of benzene rings is 1. The van der Waals surface area contributed by atoms with E-state index in [9.17, 15) is 22.8 Å². The van der Waals surface area contributed by atoms with Gasteiger partial charge in [-0.2, -0.15) is 18.2 Å². The Balaban J connectivity index is -0.000000575. The van der Waals surface area contributed by atoms with E-state index >= 15 is 0 Å². The number of allylic oxidation sites excluding steroid dienone is 2. The number of rotatable bonds is 8. The third kappa shape index (κ3) is 39.3. The molecule has 3 saturated heterocycles. The van der Waals surface area contributed by atoms with Crippen LogP contribution >= 0.6 is 0 Å². The summed E-state index contributed by atoms with van der Waals surface area (Å²) in [5.74, 6) is -0.347. The van der Waals surface area contributed by atoms with Crippen molar-refractivity contribution >= 4 is 17.7 Å². The van der Waals surface area contributed by atoms with Gasteiger partial charge in [-0.15, -0.1) is 0 Å². The van der Waals surface area contributed by atoms with Gasteiger partial charge < -0.3 is 43.4 Å². The quantitative estimate of drug-likeness (QED) is 0.0660. The first kappa shape index (κ1) is 57.3. The number of epoxide rings is 2. The molecule has 12 nitrogen and oxygen atoms in total. The highest BCUT2D eigenvalue weighted by Gasteiger charge is 2.39. The summed E-state index contributed by atoms with van der Waals surface area (Å²) in [6.45, 7) is 13.0. The Labute approximate surface area is 333 Å². The van der Waals surface area contributed by atoms with Gasteiger partial charge in [0.2, 0.25) is 6.08 Å². The molecule has 2 aliphatic carbocycles. The minimum absolute atomic E-state index is 0.0833. The number of halogens is 3. The SMILES string of the molecule is C1=CCCCC1.C1CCC2OC2C1.C=C(C)C(=O)OC.CC(F)(F)F.CCC1(OC)COC1.CO.COCC1CO1.COCCO.Cc1cccc(N=C=O)c1. The molecule has 0 aromatic heterocycles. The van der Waals surface area contributed by atoms with Crippen LogP contribution < -0.4 is 0 Å². The van der Waals surface area contributed by atoms with Crippen molar-refractivity contribution in [1.29, 1.82) is 0 Å². The van der Waals surface area contributed by atoms with E-state index in [1.54, 1.807) is 34.3 Å². The molecule has 0 radical (unpaired) electrons. The topological polar surface area (TPSA) is 158 Å². The van der Waals surface area contributed by atoms with Crippen molar-refractivity contribution < 1.29 is 66.1 Å². The van der Waals surface area contributed by atoms with Gasteiger partial charge in [-0.1, -0.05) is 50.6 Å². The lowest BCUT2D eigenvalue weighted by molar-refractivity contribution is -0.196. The Kier molecular flexibility index (Phi) is 38.5. The standard InChI is InChI=1S/C8H7NO.C6H12O2.C6H10O.C6H10.C5H8O2.C4H8O2.C3H8O2.C2H3F3.CH4O/c1-7-3-2-4-8(5-7)9-6-10;1-3-6(7-2)4-8-5-6;1-2-4-6-5(3-1)7-6;1-2-4-6-5-3-1;1-4(2)5(6)7-3;1-5-2-4-3-6-4;1-5-3-2-4;1-2(3,4)5;1-2/h2-5H,1H3;3-5H2,1-2H3;5-6H,1-4H2;1-2H,3-6H2;1H2,2-3H3;4H,2-3H2,1H3;4H,2-3H2,1H3;1H3;2H,1H3. The number of hydrogen-bond donors (Lipinski definition) is 2. The van der Waals surface area contributed by atoms with Crippen LogP contribution in [0.5, 0.6) is 0 Å². The summed E-state index contributed by atoms with van der Waals surface area (Å²) in [5.41, 5.74) is 2.27. The fourth-order valence-corrected chi connectivity index (χ4v) is 4.30. The summed E-state index contributed by atoms with van der Waals surface area (Å²) in [6.07, 6.45) is 15.9. The average molecular weight is 810 g/mol. The van der Waals surface area contributed by atoms with Crippen LogP contribution in [0.25, 0.3) is 0 Å². The largest absolute Gasteiger partial charge is 0.466 e. The van der Waals surface area contributed by atoms with Crippen LogP contribution in [0.4, 0.5) is 18.9 Å². The minimum Gasteiger partial charge on any atom is -0.466 e. The number of aryl methyl sites for hydroxylation is 1. The van der Waals surface area contributed by atoms with Gasteiger partial charge in [0.05, 0.1) is 64.6 Å². The first-order valence-corrected chi connectivity index (χ1v) is 18.7. The monoisotopic (exact) mass is 809 g/mol. The molecule has 5 aliphatic rings. The maximum atomic E-state index is 10.4. The zero-order valence-electron chi connectivity index (χ0n) is 35.2. The molecule has 0 spiro atoms. The van der Waals surface area contributed by atoms with Crippen LogP contribution in [0.3, 0.4) is 0 Å². The van der Waals surface area contributed by atoms with E-state index < -0.39 is 6.18 Å². The highest BCUT2D eigenvalue weighted by molar-refractivity contribution is 5.86. The number of aliphatic hydroxyl groups is 2. The van der Waals surface area contributed by atoms with Gasteiger partial charge in [0.25, 0.3) is 0 Å². The number of alkyl halides is 3. The van der Waals surface area contributed by atoms with Gasteiger partial charge in [-0.25, -0.2) is 9.59 Å². The van der Waals surface area contributed by atoms with Gasteiger partial charge in [0.15, 0.2) is 0 Å². The zero-order chi connectivity index (χ0) is 43.3. The van der Waals surface area contributed by atoms with E-state index in [1.165, 1.54) is 64.6 Å². The van der Waals surface area contributed by atoms with Crippen LogP contribution in [-0.4, -0.2) is 128 Å². The Hall–Kier alpha value is -2.98. The van der Waals surface area contributed by atoms with Crippen LogP contribution in [0.2, 0.25) is 0 Å². The minimum atomic E-state index is -4.00. The fraction of sp³-hybridized carbons (Fsp3) is 0.707. The second-order valence-corrected chi connectivity index (χ2v) is 12.7. The summed E-state index contributed by atoms with van der Waals surface area (Å²) >= 11 is 0. The molecule has 1 saturated carbocycles. The molecular weight excluding hydrogens is 739 g/mol. The molecule has 3 unspecified atom stereocenters. The molecule has 1 aromatic rings. The van der Waals surface area contributed by atoms with Crippen molar-refractivity contribution in [2.24, 2.45) is 4.99 Å². The highest BCUT2D eigenvalue weighted by atomic mass is 19.4. The zero-order valence-corrected chi connectivity index (χ0v) is 35.2. The summed E-state index contributed by atoms with van der Waals surface area (Å²) in [7, 11) is 7.31. The summed E-state index contributed by atoms with van der Waals surface area (Å²) < 4.78 is 64.8. The Morgan fingerprint density at radius 3 is 1.75 bits per heavy atom. The van der Waals surface area contributed by atoms with Crippen LogP contribution in [0.1, 0.15) is 84.1 Å². The first-order chi connectivity index (χ1) is 26.6. The smallest absolute Gasteiger partial charge is 0.386 e. The van der Waals surface area contributed by atoms with E-state index in [4.69, 9.17) is 33.9 Å². The number of carbonyl (C=O) groups is 1. The summed E-state index contributed by atoms with van der Waals surface area (Å²) in [6, 6.07) is 7.39. The molecule has 15 heteroatoms. The van der Waals surface area contributed by atoms with Gasteiger partial charge in [-0.3, -0.25) is 0 Å². The molecule has 1 aromatic carbocycles. The number of nitrogens with zero attached hydrogens (tertiary/aromatic N) is 1. The van der Waals surface area contributed by atoms with E-state index in [2.05, 4.69) is 40.1 Å². The highest BCUT2D eigenvalue weighted by Crippen LogP contribution is 2.35. The van der Waals surface area contributed by atoms with Gasteiger partial charge >= 0.3 is 12.1 Å². The van der Waals surface area contributed by atoms with E-state index in [0.717, 1.165) is 45.5 Å². The average Bonchev–Trinajstić information content (AvgIpc) is 4.11. The van der Waals surface area contributed by atoms with Crippen molar-refractivity contribution in [3.63, 3.8) is 0 Å². The number of ether oxygens (including phenoxy) is 7. The molecular formula is C41H70F3NO11. The Bertz CT molecular complexity index is 1130. The maximum absolute atomic E-state index is 10.4. The second-order valence-electron chi connectivity index (χ2n) is 12.7. The Morgan fingerprint density at radius 1 is 1.02 bits per heavy atom. The third-order valence-corrected chi connectivity index (χ3v) is 7.64. The van der Waals surface area contributed by atoms with E-state index in [0.29, 0.717) is 36.2 Å². The van der Waals surface area contributed by atoms with Gasteiger partial charge in [0, 0.05) is 40.9 Å². The molecule has 0 amide bonds. The lowest BCUT2D eigenvalue weighted by atomic mass is 9.99. The van der Waals surface area contributed by atoms with Gasteiger partial charge in [0.1, 0.15) is 11.7 Å². The summed E-state index contributed by atoms with van der Waals surface area (Å²) in [5, 5.41) is 14.9. The molecule has 3 heterocycles. The normalized spacial score (nSPS) is 19.5. The predicted molar refractivity (Wildman–Crippen MR) is 212 cm³/mol. The molecule has 6 rings (SSSR count).